The third-order valence-corrected chi connectivity index (χ3v) is 5.82. The van der Waals surface area contributed by atoms with E-state index in [1.54, 1.807) is 36.5 Å². The molecule has 0 aliphatic heterocycles. The monoisotopic (exact) mass is 410 g/mol. The lowest BCUT2D eigenvalue weighted by Crippen LogP contribution is -2.28. The first-order chi connectivity index (χ1) is 14.0. The third-order valence-electron chi connectivity index (χ3n) is 4.46. The Hall–Kier alpha value is -3.10. The van der Waals surface area contributed by atoms with E-state index in [4.69, 9.17) is 0 Å². The van der Waals surface area contributed by atoms with Crippen molar-refractivity contribution >= 4 is 21.2 Å². The van der Waals surface area contributed by atoms with E-state index < -0.39 is 10.0 Å². The summed E-state index contributed by atoms with van der Waals surface area (Å²) < 4.78 is 42.6. The standard InChI is InChI=1S/C21H19FN4O2S/c22-18-10-8-17(9-11-18)20-25-19-7-4-12-23-21(19)26(20)14-13-24-29(27,28)15-16-5-2-1-3-6-16/h1-12,24H,13-15H2. The van der Waals surface area contributed by atoms with Gasteiger partial charge in [-0.2, -0.15) is 0 Å². The number of nitrogens with zero attached hydrogens (tertiary/aromatic N) is 3. The van der Waals surface area contributed by atoms with Crippen LogP contribution in [0.15, 0.2) is 72.9 Å². The minimum absolute atomic E-state index is 0.0818. The molecule has 2 aromatic heterocycles. The predicted molar refractivity (Wildman–Crippen MR) is 110 cm³/mol. The Bertz CT molecular complexity index is 1220. The van der Waals surface area contributed by atoms with Crippen LogP contribution in [0.2, 0.25) is 0 Å². The molecule has 0 fully saturated rings. The summed E-state index contributed by atoms with van der Waals surface area (Å²) in [5.41, 5.74) is 2.80. The van der Waals surface area contributed by atoms with Crippen molar-refractivity contribution < 1.29 is 12.8 Å². The maximum atomic E-state index is 13.3. The maximum absolute atomic E-state index is 13.3. The minimum Gasteiger partial charge on any atom is -0.307 e. The second-order valence-electron chi connectivity index (χ2n) is 6.58. The molecule has 0 aliphatic carbocycles. The van der Waals surface area contributed by atoms with Crippen molar-refractivity contribution in [3.63, 3.8) is 0 Å². The molecule has 0 saturated carbocycles. The smallest absolute Gasteiger partial charge is 0.215 e. The number of benzene rings is 2. The van der Waals surface area contributed by atoms with Crippen LogP contribution in [0.1, 0.15) is 5.56 Å². The van der Waals surface area contributed by atoms with E-state index in [1.807, 2.05) is 28.8 Å². The number of nitrogens with one attached hydrogen (secondary N) is 1. The molecule has 0 saturated heterocycles. The molecular weight excluding hydrogens is 391 g/mol. The highest BCUT2D eigenvalue weighted by Crippen LogP contribution is 2.23. The number of rotatable bonds is 7. The summed E-state index contributed by atoms with van der Waals surface area (Å²) in [5, 5.41) is 0. The number of pyridine rings is 1. The molecule has 0 bridgehead atoms. The highest BCUT2D eigenvalue weighted by atomic mass is 32.2. The molecule has 2 heterocycles. The van der Waals surface area contributed by atoms with Crippen molar-refractivity contribution in [1.82, 2.24) is 19.3 Å². The zero-order valence-electron chi connectivity index (χ0n) is 15.5. The van der Waals surface area contributed by atoms with Crippen molar-refractivity contribution in [1.29, 1.82) is 0 Å². The van der Waals surface area contributed by atoms with Gasteiger partial charge in [0.15, 0.2) is 5.65 Å². The zero-order chi connectivity index (χ0) is 20.3. The second kappa shape index (κ2) is 8.10. The van der Waals surface area contributed by atoms with Gasteiger partial charge in [0, 0.05) is 24.8 Å². The van der Waals surface area contributed by atoms with Gasteiger partial charge in [-0.05, 0) is 42.0 Å². The number of sulfonamides is 1. The summed E-state index contributed by atoms with van der Waals surface area (Å²) in [5.74, 6) is 0.200. The lowest BCUT2D eigenvalue weighted by Gasteiger charge is -2.11. The van der Waals surface area contributed by atoms with Crippen molar-refractivity contribution in [3.8, 4) is 11.4 Å². The van der Waals surface area contributed by atoms with E-state index in [0.717, 1.165) is 11.1 Å². The first kappa shape index (κ1) is 19.2. The molecule has 0 spiro atoms. The molecule has 1 N–H and O–H groups in total. The fourth-order valence-corrected chi connectivity index (χ4v) is 4.28. The molecule has 0 atom stereocenters. The van der Waals surface area contributed by atoms with Gasteiger partial charge >= 0.3 is 0 Å². The van der Waals surface area contributed by atoms with Crippen LogP contribution in [0.25, 0.3) is 22.6 Å². The number of aromatic nitrogens is 3. The van der Waals surface area contributed by atoms with Crippen LogP contribution in [0.4, 0.5) is 4.39 Å². The molecule has 0 amide bonds. The molecule has 0 radical (unpaired) electrons. The Balaban J connectivity index is 1.56. The molecule has 29 heavy (non-hydrogen) atoms. The second-order valence-corrected chi connectivity index (χ2v) is 8.39. The Kier molecular flexibility index (Phi) is 5.37. The fourth-order valence-electron chi connectivity index (χ4n) is 3.15. The zero-order valence-corrected chi connectivity index (χ0v) is 16.3. The van der Waals surface area contributed by atoms with Gasteiger partial charge in [-0.15, -0.1) is 0 Å². The minimum atomic E-state index is -3.48. The third kappa shape index (κ3) is 4.49. The number of fused-ring (bicyclic) bond motifs is 1. The van der Waals surface area contributed by atoms with E-state index in [-0.39, 0.29) is 18.1 Å². The topological polar surface area (TPSA) is 76.9 Å². The van der Waals surface area contributed by atoms with Crippen molar-refractivity contribution in [3.05, 3.63) is 84.3 Å². The first-order valence-electron chi connectivity index (χ1n) is 9.10. The van der Waals surface area contributed by atoms with Crippen molar-refractivity contribution in [2.24, 2.45) is 0 Å². The summed E-state index contributed by atoms with van der Waals surface area (Å²) in [6.07, 6.45) is 1.66. The highest BCUT2D eigenvalue weighted by molar-refractivity contribution is 7.88. The molecule has 148 valence electrons. The summed E-state index contributed by atoms with van der Waals surface area (Å²) in [6, 6.07) is 18.7. The van der Waals surface area contributed by atoms with Crippen LogP contribution < -0.4 is 4.72 Å². The van der Waals surface area contributed by atoms with Crippen LogP contribution >= 0.6 is 0 Å². The van der Waals surface area contributed by atoms with E-state index in [9.17, 15) is 12.8 Å². The van der Waals surface area contributed by atoms with Crippen molar-refractivity contribution in [2.45, 2.75) is 12.3 Å². The van der Waals surface area contributed by atoms with Gasteiger partial charge in [-0.1, -0.05) is 30.3 Å². The lowest BCUT2D eigenvalue weighted by atomic mass is 10.2. The van der Waals surface area contributed by atoms with Crippen LogP contribution in [-0.2, 0) is 22.3 Å². The Morgan fingerprint density at radius 2 is 1.72 bits per heavy atom. The molecule has 4 aromatic rings. The number of imidazole rings is 1. The van der Waals surface area contributed by atoms with E-state index in [0.29, 0.717) is 23.5 Å². The van der Waals surface area contributed by atoms with Gasteiger partial charge in [-0.25, -0.2) is 27.5 Å². The van der Waals surface area contributed by atoms with Crippen LogP contribution in [0.5, 0.6) is 0 Å². The molecular formula is C21H19FN4O2S. The fraction of sp³-hybridized carbons (Fsp3) is 0.143. The van der Waals surface area contributed by atoms with Gasteiger partial charge in [0.25, 0.3) is 0 Å². The average Bonchev–Trinajstić information content (AvgIpc) is 3.07. The highest BCUT2D eigenvalue weighted by Gasteiger charge is 2.15. The summed E-state index contributed by atoms with van der Waals surface area (Å²) in [4.78, 5) is 8.97. The van der Waals surface area contributed by atoms with E-state index >= 15 is 0 Å². The van der Waals surface area contributed by atoms with Gasteiger partial charge in [0.1, 0.15) is 17.2 Å². The quantitative estimate of drug-likeness (QED) is 0.507. The van der Waals surface area contributed by atoms with Crippen molar-refractivity contribution in [2.75, 3.05) is 6.54 Å². The lowest BCUT2D eigenvalue weighted by molar-refractivity contribution is 0.573. The van der Waals surface area contributed by atoms with Crippen LogP contribution in [0.3, 0.4) is 0 Å². The van der Waals surface area contributed by atoms with Gasteiger partial charge in [0.2, 0.25) is 10.0 Å². The summed E-state index contributed by atoms with van der Waals surface area (Å²) >= 11 is 0. The SMILES string of the molecule is O=S(=O)(Cc1ccccc1)NCCn1c(-c2ccc(F)cc2)nc2cccnc21. The molecule has 0 unspecified atom stereocenters. The predicted octanol–water partition coefficient (Wildman–Crippen LogP) is 3.36. The molecule has 8 heteroatoms. The summed E-state index contributed by atoms with van der Waals surface area (Å²) in [7, 11) is -3.48. The van der Waals surface area contributed by atoms with Gasteiger partial charge < -0.3 is 4.57 Å². The van der Waals surface area contributed by atoms with E-state index in [2.05, 4.69) is 14.7 Å². The Morgan fingerprint density at radius 1 is 0.966 bits per heavy atom. The molecule has 2 aromatic carbocycles. The Morgan fingerprint density at radius 3 is 2.48 bits per heavy atom. The number of hydrogen-bond acceptors (Lipinski definition) is 4. The van der Waals surface area contributed by atoms with Crippen LogP contribution in [-0.4, -0.2) is 29.5 Å². The summed E-state index contributed by atoms with van der Waals surface area (Å²) in [6.45, 7) is 0.527. The molecule has 0 aliphatic rings. The first-order valence-corrected chi connectivity index (χ1v) is 10.8. The van der Waals surface area contributed by atoms with Crippen LogP contribution in [0, 0.1) is 5.82 Å². The maximum Gasteiger partial charge on any atom is 0.215 e. The normalized spacial score (nSPS) is 11.8. The van der Waals surface area contributed by atoms with Gasteiger partial charge in [-0.3, -0.25) is 0 Å². The average molecular weight is 410 g/mol. The van der Waals surface area contributed by atoms with E-state index in [1.165, 1.54) is 12.1 Å². The molecule has 4 rings (SSSR count). The van der Waals surface area contributed by atoms with Gasteiger partial charge in [0.05, 0.1) is 5.75 Å². The molecule has 6 nitrogen and oxygen atoms in total. The number of halogens is 1. The number of hydrogen-bond donors (Lipinski definition) is 1. The largest absolute Gasteiger partial charge is 0.307 e. The Labute approximate surface area is 168 Å².